The van der Waals surface area contributed by atoms with Gasteiger partial charge in [0, 0.05) is 64.5 Å². The first-order valence-corrected chi connectivity index (χ1v) is 9.70. The Morgan fingerprint density at radius 2 is 1.69 bits per heavy atom. The van der Waals surface area contributed by atoms with Crippen molar-refractivity contribution in [3.05, 3.63) is 17.7 Å². The molecule has 1 aromatic rings. The Morgan fingerprint density at radius 3 is 2.21 bits per heavy atom. The van der Waals surface area contributed by atoms with Gasteiger partial charge in [-0.3, -0.25) is 14.4 Å². The third-order valence-electron chi connectivity index (χ3n) is 5.33. The van der Waals surface area contributed by atoms with Gasteiger partial charge in [0.1, 0.15) is 6.04 Å². The van der Waals surface area contributed by atoms with Gasteiger partial charge in [0.2, 0.25) is 5.91 Å². The van der Waals surface area contributed by atoms with Crippen molar-refractivity contribution >= 4 is 17.8 Å². The molecule has 2 bridgehead atoms. The summed E-state index contributed by atoms with van der Waals surface area (Å²) in [4.78, 5) is 40.4. The first kappa shape index (κ1) is 22.8. The van der Waals surface area contributed by atoms with Crippen molar-refractivity contribution in [2.75, 3.05) is 26.7 Å². The Balaban J connectivity index is 0.000000324. The van der Waals surface area contributed by atoms with Crippen LogP contribution < -0.4 is 5.32 Å². The number of methoxy groups -OCH3 is 1. The molecule has 10 nitrogen and oxygen atoms in total. The summed E-state index contributed by atoms with van der Waals surface area (Å²) in [7, 11) is 1.80. The van der Waals surface area contributed by atoms with Crippen LogP contribution in [0.1, 0.15) is 44.1 Å². The number of aromatic amines is 1. The van der Waals surface area contributed by atoms with Crippen LogP contribution >= 0.6 is 0 Å². The molecule has 0 radical (unpaired) electrons. The highest BCUT2D eigenvalue weighted by molar-refractivity contribution is 5.83. The summed E-state index contributed by atoms with van der Waals surface area (Å²) >= 11 is 0. The van der Waals surface area contributed by atoms with Crippen LogP contribution in [0.2, 0.25) is 0 Å². The van der Waals surface area contributed by atoms with Crippen molar-refractivity contribution in [2.45, 2.75) is 45.3 Å². The minimum Gasteiger partial charge on any atom is -0.481 e. The normalized spacial score (nSPS) is 26.9. The number of hydrogen-bond acceptors (Lipinski definition) is 6. The average molecular weight is 410 g/mol. The number of carboxylic acids is 2. The molecule has 1 amide bonds. The second-order valence-electron chi connectivity index (χ2n) is 7.48. The van der Waals surface area contributed by atoms with Gasteiger partial charge in [-0.05, 0) is 12.8 Å². The fraction of sp³-hybridized carbons (Fsp3) is 0.684. The maximum Gasteiger partial charge on any atom is 0.300 e. The number of carbonyl (C=O) groups excluding carboxylic acids is 1. The van der Waals surface area contributed by atoms with Crippen molar-refractivity contribution < 1.29 is 29.3 Å². The van der Waals surface area contributed by atoms with E-state index in [-0.39, 0.29) is 11.9 Å². The van der Waals surface area contributed by atoms with E-state index < -0.39 is 11.9 Å². The molecular formula is C19H30N4O6. The predicted molar refractivity (Wildman–Crippen MR) is 103 cm³/mol. The molecule has 3 heterocycles. The average Bonchev–Trinajstić information content (AvgIpc) is 3.21. The van der Waals surface area contributed by atoms with E-state index in [1.807, 2.05) is 4.90 Å². The summed E-state index contributed by atoms with van der Waals surface area (Å²) in [5.74, 6) is -0.491. The highest BCUT2D eigenvalue weighted by Gasteiger charge is 2.45. The number of likely N-dealkylation sites (tertiary alicyclic amines) is 1. The van der Waals surface area contributed by atoms with Crippen molar-refractivity contribution in [1.29, 1.82) is 0 Å². The van der Waals surface area contributed by atoms with Gasteiger partial charge in [0.25, 0.3) is 11.9 Å². The van der Waals surface area contributed by atoms with Crippen LogP contribution in [0, 0.1) is 11.8 Å². The quantitative estimate of drug-likeness (QED) is 0.556. The Bertz CT molecular complexity index is 687. The fourth-order valence-corrected chi connectivity index (χ4v) is 4.34. The highest BCUT2D eigenvalue weighted by Crippen LogP contribution is 2.39. The summed E-state index contributed by atoms with van der Waals surface area (Å²) in [6, 6.07) is -0.279. The molecule has 1 aromatic heterocycles. The van der Waals surface area contributed by atoms with Gasteiger partial charge in [0.15, 0.2) is 0 Å². The van der Waals surface area contributed by atoms with Crippen molar-refractivity contribution in [1.82, 2.24) is 20.2 Å². The number of nitrogens with one attached hydrogen (secondary N) is 2. The maximum absolute atomic E-state index is 12.9. The fourth-order valence-electron chi connectivity index (χ4n) is 4.34. The first-order valence-electron chi connectivity index (χ1n) is 9.70. The number of ether oxygens (including phenoxy) is 1. The smallest absolute Gasteiger partial charge is 0.300 e. The van der Waals surface area contributed by atoms with E-state index in [4.69, 9.17) is 24.5 Å². The molecule has 1 saturated carbocycles. The SMILES string of the molecule is CC(=O)O.CC(=O)O.COC1[C@@H]2CC[C@H]1CN(C(=O)C1NCCc3[nH]cnc31)C2. The molecule has 4 N–H and O–H groups in total. The highest BCUT2D eigenvalue weighted by atomic mass is 16.5. The molecule has 0 aromatic carbocycles. The number of rotatable bonds is 2. The lowest BCUT2D eigenvalue weighted by Crippen LogP contribution is -2.52. The van der Waals surface area contributed by atoms with Crippen LogP contribution in [-0.4, -0.2) is 75.8 Å². The molecule has 10 heteroatoms. The Hall–Kier alpha value is -2.46. The zero-order valence-electron chi connectivity index (χ0n) is 17.1. The minimum atomic E-state index is -0.833. The number of aromatic nitrogens is 2. The van der Waals surface area contributed by atoms with Crippen molar-refractivity contribution in [2.24, 2.45) is 11.8 Å². The van der Waals surface area contributed by atoms with E-state index >= 15 is 0 Å². The Morgan fingerprint density at radius 1 is 1.14 bits per heavy atom. The van der Waals surface area contributed by atoms with E-state index in [2.05, 4.69) is 15.3 Å². The topological polar surface area (TPSA) is 145 Å². The number of hydrogen-bond donors (Lipinski definition) is 4. The van der Waals surface area contributed by atoms with E-state index in [0.29, 0.717) is 17.9 Å². The van der Waals surface area contributed by atoms with E-state index in [1.54, 1.807) is 13.4 Å². The number of amides is 1. The third-order valence-corrected chi connectivity index (χ3v) is 5.33. The number of imidazole rings is 1. The molecule has 29 heavy (non-hydrogen) atoms. The van der Waals surface area contributed by atoms with E-state index in [1.165, 1.54) is 12.8 Å². The third kappa shape index (κ3) is 6.01. The molecule has 4 atom stereocenters. The predicted octanol–water partition coefficient (Wildman–Crippen LogP) is 0.662. The molecular weight excluding hydrogens is 380 g/mol. The molecule has 162 valence electrons. The standard InChI is InChI=1S/C15H22N4O2.2C2H4O2/c1-21-14-9-2-3-10(14)7-19(6-9)15(20)13-12-11(4-5-16-13)17-8-18-12;2*1-2(3)4/h8-10,13-14,16H,2-7H2,1H3,(H,17,18);2*1H3,(H,3,4)/t9-,10+,13?,14?;;. The molecule has 2 unspecified atom stereocenters. The molecule has 2 fully saturated rings. The summed E-state index contributed by atoms with van der Waals surface area (Å²) in [6.07, 6.45) is 5.31. The zero-order chi connectivity index (χ0) is 21.6. The van der Waals surface area contributed by atoms with Crippen LogP contribution in [-0.2, 0) is 25.5 Å². The first-order chi connectivity index (χ1) is 13.7. The molecule has 4 rings (SSSR count). The number of nitrogens with zero attached hydrogens (tertiary/aromatic N) is 2. The lowest BCUT2D eigenvalue weighted by Gasteiger charge is -2.39. The monoisotopic (exact) mass is 410 g/mol. The van der Waals surface area contributed by atoms with Crippen molar-refractivity contribution in [3.63, 3.8) is 0 Å². The molecule has 1 aliphatic carbocycles. The summed E-state index contributed by atoms with van der Waals surface area (Å²) in [6.45, 7) is 4.64. The summed E-state index contributed by atoms with van der Waals surface area (Å²) < 4.78 is 5.62. The second kappa shape index (κ2) is 10.4. The number of fused-ring (bicyclic) bond motifs is 3. The van der Waals surface area contributed by atoms with Gasteiger partial charge in [0.05, 0.1) is 18.1 Å². The summed E-state index contributed by atoms with van der Waals surface area (Å²) in [5, 5.41) is 18.2. The van der Waals surface area contributed by atoms with Crippen LogP contribution in [0.3, 0.4) is 0 Å². The van der Waals surface area contributed by atoms with Crippen LogP contribution in [0.4, 0.5) is 0 Å². The molecule has 3 aliphatic rings. The van der Waals surface area contributed by atoms with Gasteiger partial charge in [-0.2, -0.15) is 0 Å². The molecule has 2 aliphatic heterocycles. The molecule has 1 saturated heterocycles. The number of H-pyrrole nitrogens is 1. The van der Waals surface area contributed by atoms with Crippen LogP contribution in [0.15, 0.2) is 6.33 Å². The van der Waals surface area contributed by atoms with E-state index in [0.717, 1.165) is 51.3 Å². The number of carboxylic acid groups (broad SMARTS) is 2. The second-order valence-corrected chi connectivity index (χ2v) is 7.48. The summed E-state index contributed by atoms with van der Waals surface area (Å²) in [5.41, 5.74) is 1.98. The van der Waals surface area contributed by atoms with Crippen LogP contribution in [0.5, 0.6) is 0 Å². The van der Waals surface area contributed by atoms with Crippen LogP contribution in [0.25, 0.3) is 0 Å². The lowest BCUT2D eigenvalue weighted by molar-refractivity contribution is -0.139. The van der Waals surface area contributed by atoms with Gasteiger partial charge in [-0.25, -0.2) is 4.98 Å². The van der Waals surface area contributed by atoms with Gasteiger partial charge in [-0.15, -0.1) is 0 Å². The van der Waals surface area contributed by atoms with Crippen molar-refractivity contribution in [3.8, 4) is 0 Å². The Labute approximate surface area is 169 Å². The van der Waals surface area contributed by atoms with Gasteiger partial charge >= 0.3 is 0 Å². The lowest BCUT2D eigenvalue weighted by atomic mass is 9.93. The maximum atomic E-state index is 12.9. The molecule has 0 spiro atoms. The number of carbonyl (C=O) groups is 3. The zero-order valence-corrected chi connectivity index (χ0v) is 17.1. The minimum absolute atomic E-state index is 0.175. The van der Waals surface area contributed by atoms with E-state index in [9.17, 15) is 4.79 Å². The number of aliphatic carboxylic acids is 2. The van der Waals surface area contributed by atoms with Gasteiger partial charge < -0.3 is 30.2 Å². The largest absolute Gasteiger partial charge is 0.481 e. The number of piperidine rings is 1. The van der Waals surface area contributed by atoms with Gasteiger partial charge in [-0.1, -0.05) is 0 Å². The Kier molecular flexibility index (Phi) is 8.15.